The molecular weight excluding hydrogens is 208 g/mol. The lowest BCUT2D eigenvalue weighted by Gasteiger charge is -2.34. The summed E-state index contributed by atoms with van der Waals surface area (Å²) in [6.07, 6.45) is 5.10. The van der Waals surface area contributed by atoms with E-state index in [2.05, 4.69) is 4.98 Å². The van der Waals surface area contributed by atoms with Gasteiger partial charge in [-0.1, -0.05) is 0 Å². The Bertz CT molecular complexity index is 359. The maximum atomic E-state index is 11.4. The molecule has 0 bridgehead atoms. The molecule has 16 heavy (non-hydrogen) atoms. The van der Waals surface area contributed by atoms with Gasteiger partial charge in [0.15, 0.2) is 0 Å². The van der Waals surface area contributed by atoms with Crippen LogP contribution in [0.3, 0.4) is 0 Å². The van der Waals surface area contributed by atoms with E-state index in [1.165, 1.54) is 6.33 Å². The third-order valence-corrected chi connectivity index (χ3v) is 2.86. The first-order valence-electron chi connectivity index (χ1n) is 5.09. The standard InChI is InChI=1S/C11H18N2O3/c1-10(2,16-4)7-11(3,9(14)15)13-6-5-12-8-13/h5-6,8H,7H2,1-4H3,(H,14,15). The molecule has 0 aliphatic heterocycles. The van der Waals surface area contributed by atoms with Crippen LogP contribution in [-0.4, -0.2) is 33.3 Å². The molecule has 1 unspecified atom stereocenters. The van der Waals surface area contributed by atoms with Gasteiger partial charge in [-0.3, -0.25) is 0 Å². The van der Waals surface area contributed by atoms with Gasteiger partial charge in [-0.25, -0.2) is 9.78 Å². The number of ether oxygens (including phenoxy) is 1. The fourth-order valence-corrected chi connectivity index (χ4v) is 1.73. The summed E-state index contributed by atoms with van der Waals surface area (Å²) in [4.78, 5) is 15.3. The Morgan fingerprint density at radius 1 is 1.50 bits per heavy atom. The predicted octanol–water partition coefficient (Wildman–Crippen LogP) is 1.50. The average Bonchev–Trinajstić information content (AvgIpc) is 2.70. The molecule has 90 valence electrons. The molecule has 5 nitrogen and oxygen atoms in total. The van der Waals surface area contributed by atoms with Crippen LogP contribution >= 0.6 is 0 Å². The van der Waals surface area contributed by atoms with Crippen molar-refractivity contribution < 1.29 is 14.6 Å². The molecule has 0 saturated heterocycles. The van der Waals surface area contributed by atoms with Gasteiger partial charge in [0, 0.05) is 25.9 Å². The molecule has 5 heteroatoms. The van der Waals surface area contributed by atoms with E-state index >= 15 is 0 Å². The molecule has 0 aliphatic rings. The molecule has 1 N–H and O–H groups in total. The number of imidazole rings is 1. The Balaban J connectivity index is 3.04. The minimum Gasteiger partial charge on any atom is -0.479 e. The molecule has 0 aliphatic carbocycles. The lowest BCUT2D eigenvalue weighted by Crippen LogP contribution is -2.44. The van der Waals surface area contributed by atoms with E-state index in [-0.39, 0.29) is 0 Å². The summed E-state index contributed by atoms with van der Waals surface area (Å²) in [5, 5.41) is 9.36. The summed E-state index contributed by atoms with van der Waals surface area (Å²) in [6.45, 7) is 5.40. The monoisotopic (exact) mass is 226 g/mol. The number of hydrogen-bond acceptors (Lipinski definition) is 3. The first-order chi connectivity index (χ1) is 7.32. The SMILES string of the molecule is COC(C)(C)CC(C)(C(=O)O)n1ccnc1. The van der Waals surface area contributed by atoms with Gasteiger partial charge >= 0.3 is 5.97 Å². The zero-order valence-electron chi connectivity index (χ0n) is 10.1. The van der Waals surface area contributed by atoms with Crippen LogP contribution in [-0.2, 0) is 15.1 Å². The highest BCUT2D eigenvalue weighted by molar-refractivity contribution is 5.76. The van der Waals surface area contributed by atoms with Gasteiger partial charge in [-0.15, -0.1) is 0 Å². The highest BCUT2D eigenvalue weighted by Crippen LogP contribution is 2.29. The van der Waals surface area contributed by atoms with E-state index in [0.717, 1.165) is 0 Å². The molecule has 0 spiro atoms. The molecule has 0 fully saturated rings. The van der Waals surface area contributed by atoms with E-state index in [0.29, 0.717) is 6.42 Å². The number of aromatic nitrogens is 2. The summed E-state index contributed by atoms with van der Waals surface area (Å²) in [7, 11) is 1.58. The summed E-state index contributed by atoms with van der Waals surface area (Å²) in [5.74, 6) is -0.893. The van der Waals surface area contributed by atoms with Crippen LogP contribution in [0.4, 0.5) is 0 Å². The molecule has 0 amide bonds. The number of nitrogens with zero attached hydrogens (tertiary/aromatic N) is 2. The molecule has 1 aromatic rings. The summed E-state index contributed by atoms with van der Waals surface area (Å²) >= 11 is 0. The van der Waals surface area contributed by atoms with Crippen LogP contribution in [0.5, 0.6) is 0 Å². The third kappa shape index (κ3) is 2.41. The summed E-state index contributed by atoms with van der Waals surface area (Å²) in [5.41, 5.74) is -1.55. The lowest BCUT2D eigenvalue weighted by molar-refractivity contribution is -0.150. The van der Waals surface area contributed by atoms with Gasteiger partial charge in [0.25, 0.3) is 0 Å². The molecule has 1 atom stereocenters. The van der Waals surface area contributed by atoms with Crippen LogP contribution in [0.1, 0.15) is 27.2 Å². The quantitative estimate of drug-likeness (QED) is 0.826. The Hall–Kier alpha value is -1.36. The molecule has 0 aromatic carbocycles. The maximum Gasteiger partial charge on any atom is 0.329 e. The molecule has 0 radical (unpaired) electrons. The number of hydrogen-bond donors (Lipinski definition) is 1. The Labute approximate surface area is 95.1 Å². The van der Waals surface area contributed by atoms with Crippen molar-refractivity contribution in [1.29, 1.82) is 0 Å². The zero-order chi connectivity index (χ0) is 12.4. The summed E-state index contributed by atoms with van der Waals surface area (Å²) < 4.78 is 6.88. The largest absolute Gasteiger partial charge is 0.479 e. The molecule has 1 heterocycles. The minimum atomic E-state index is -1.05. The first kappa shape index (κ1) is 12.7. The van der Waals surface area contributed by atoms with Crippen molar-refractivity contribution in [2.24, 2.45) is 0 Å². The van der Waals surface area contributed by atoms with Gasteiger partial charge < -0.3 is 14.4 Å². The van der Waals surface area contributed by atoms with E-state index in [1.807, 2.05) is 13.8 Å². The number of rotatable bonds is 5. The minimum absolute atomic E-state index is 0.363. The smallest absolute Gasteiger partial charge is 0.329 e. The molecular formula is C11H18N2O3. The maximum absolute atomic E-state index is 11.4. The molecule has 1 rings (SSSR count). The second-order valence-corrected chi connectivity index (χ2v) is 4.69. The Kier molecular flexibility index (Phi) is 3.38. The number of carbonyl (C=O) groups is 1. The van der Waals surface area contributed by atoms with Crippen molar-refractivity contribution in [3.8, 4) is 0 Å². The van der Waals surface area contributed by atoms with Crippen molar-refractivity contribution >= 4 is 5.97 Å². The normalized spacial score (nSPS) is 15.8. The Morgan fingerprint density at radius 2 is 2.12 bits per heavy atom. The molecule has 0 saturated carbocycles. The van der Waals surface area contributed by atoms with Crippen LogP contribution in [0, 0.1) is 0 Å². The average molecular weight is 226 g/mol. The fourth-order valence-electron chi connectivity index (χ4n) is 1.73. The van der Waals surface area contributed by atoms with Crippen molar-refractivity contribution in [2.45, 2.75) is 38.3 Å². The van der Waals surface area contributed by atoms with E-state index in [4.69, 9.17) is 4.74 Å². The third-order valence-electron chi connectivity index (χ3n) is 2.86. The molecule has 1 aromatic heterocycles. The second-order valence-electron chi connectivity index (χ2n) is 4.69. The van der Waals surface area contributed by atoms with Gasteiger partial charge in [-0.05, 0) is 20.8 Å². The highest BCUT2D eigenvalue weighted by Gasteiger charge is 2.40. The fraction of sp³-hybridized carbons (Fsp3) is 0.636. The van der Waals surface area contributed by atoms with E-state index < -0.39 is 17.1 Å². The first-order valence-corrected chi connectivity index (χ1v) is 5.09. The van der Waals surface area contributed by atoms with Crippen LogP contribution in [0.25, 0.3) is 0 Å². The van der Waals surface area contributed by atoms with E-state index in [9.17, 15) is 9.90 Å². The van der Waals surface area contributed by atoms with Crippen molar-refractivity contribution in [1.82, 2.24) is 9.55 Å². The van der Waals surface area contributed by atoms with Gasteiger partial charge in [0.1, 0.15) is 5.54 Å². The van der Waals surface area contributed by atoms with Crippen LogP contribution in [0.15, 0.2) is 18.7 Å². The topological polar surface area (TPSA) is 64.3 Å². The van der Waals surface area contributed by atoms with Crippen molar-refractivity contribution in [3.05, 3.63) is 18.7 Å². The second kappa shape index (κ2) is 4.25. The van der Waals surface area contributed by atoms with Gasteiger partial charge in [-0.2, -0.15) is 0 Å². The number of methoxy groups -OCH3 is 1. The predicted molar refractivity (Wildman–Crippen MR) is 59.2 cm³/mol. The summed E-state index contributed by atoms with van der Waals surface area (Å²) in [6, 6.07) is 0. The van der Waals surface area contributed by atoms with Crippen molar-refractivity contribution in [3.63, 3.8) is 0 Å². The van der Waals surface area contributed by atoms with Gasteiger partial charge in [0.2, 0.25) is 0 Å². The van der Waals surface area contributed by atoms with Gasteiger partial charge in [0.05, 0.1) is 11.9 Å². The van der Waals surface area contributed by atoms with Crippen LogP contribution in [0.2, 0.25) is 0 Å². The number of carboxylic acids is 1. The lowest BCUT2D eigenvalue weighted by atomic mass is 9.87. The van der Waals surface area contributed by atoms with E-state index in [1.54, 1.807) is 31.0 Å². The highest BCUT2D eigenvalue weighted by atomic mass is 16.5. The Morgan fingerprint density at radius 3 is 2.50 bits per heavy atom. The number of aliphatic carboxylic acids is 1. The van der Waals surface area contributed by atoms with Crippen LogP contribution < -0.4 is 0 Å². The number of carboxylic acid groups (broad SMARTS) is 1. The van der Waals surface area contributed by atoms with Crippen molar-refractivity contribution in [2.75, 3.05) is 7.11 Å². The zero-order valence-corrected chi connectivity index (χ0v) is 10.1.